The molecular formula is C21H17FN2O3. The molecule has 0 saturated heterocycles. The normalized spacial score (nSPS) is 16.6. The molecule has 27 heavy (non-hydrogen) atoms. The van der Waals surface area contributed by atoms with Crippen molar-refractivity contribution in [1.82, 2.24) is 0 Å². The largest absolute Gasteiger partial charge is 0.457 e. The van der Waals surface area contributed by atoms with Crippen LogP contribution in [-0.4, -0.2) is 5.97 Å². The Morgan fingerprint density at radius 1 is 1.22 bits per heavy atom. The average molecular weight is 364 g/mol. The van der Waals surface area contributed by atoms with E-state index in [1.807, 2.05) is 36.4 Å². The molecule has 1 aliphatic heterocycles. The lowest BCUT2D eigenvalue weighted by Gasteiger charge is -2.26. The zero-order valence-electron chi connectivity index (χ0n) is 14.6. The first-order valence-corrected chi connectivity index (χ1v) is 8.26. The number of esters is 1. The molecule has 6 heteroatoms. The average Bonchev–Trinajstić information content (AvgIpc) is 2.67. The summed E-state index contributed by atoms with van der Waals surface area (Å²) in [6, 6.07) is 16.8. The summed E-state index contributed by atoms with van der Waals surface area (Å²) in [5.74, 6) is -1.66. The molecule has 2 N–H and O–H groups in total. The second-order valence-electron chi connectivity index (χ2n) is 6.01. The van der Waals surface area contributed by atoms with Crippen molar-refractivity contribution in [3.63, 3.8) is 0 Å². The minimum atomic E-state index is -0.785. The molecule has 0 radical (unpaired) electrons. The van der Waals surface area contributed by atoms with Gasteiger partial charge in [0.25, 0.3) is 0 Å². The Hall–Kier alpha value is -3.59. The molecule has 0 aliphatic carbocycles. The monoisotopic (exact) mass is 364 g/mol. The first-order valence-electron chi connectivity index (χ1n) is 8.26. The quantitative estimate of drug-likeness (QED) is 0.837. The van der Waals surface area contributed by atoms with E-state index < -0.39 is 17.7 Å². The van der Waals surface area contributed by atoms with Gasteiger partial charge in [-0.15, -0.1) is 0 Å². The van der Waals surface area contributed by atoms with Crippen LogP contribution in [0.3, 0.4) is 0 Å². The van der Waals surface area contributed by atoms with Crippen LogP contribution in [0, 0.1) is 17.1 Å². The van der Waals surface area contributed by atoms with Gasteiger partial charge in [-0.25, -0.2) is 9.18 Å². The van der Waals surface area contributed by atoms with Gasteiger partial charge in [0.1, 0.15) is 29.8 Å². The van der Waals surface area contributed by atoms with Gasteiger partial charge in [-0.2, -0.15) is 5.26 Å². The molecule has 136 valence electrons. The first kappa shape index (κ1) is 18.2. The molecule has 2 aromatic carbocycles. The van der Waals surface area contributed by atoms with Crippen molar-refractivity contribution in [3.8, 4) is 6.07 Å². The van der Waals surface area contributed by atoms with Crippen LogP contribution in [0.15, 0.2) is 77.4 Å². The van der Waals surface area contributed by atoms with Gasteiger partial charge in [0.05, 0.1) is 11.5 Å². The van der Waals surface area contributed by atoms with Gasteiger partial charge in [-0.05, 0) is 30.2 Å². The molecule has 0 aromatic heterocycles. The maximum atomic E-state index is 13.3. The maximum absolute atomic E-state index is 13.3. The number of rotatable bonds is 4. The highest BCUT2D eigenvalue weighted by molar-refractivity contribution is 5.92. The van der Waals surface area contributed by atoms with Crippen LogP contribution in [0.2, 0.25) is 0 Å². The minimum absolute atomic E-state index is 0.0771. The SMILES string of the molecule is CC1=C(C(=O)OCc2ccccc2)C(c2ccc(F)cc2)C(C#N)=C(N)O1. The van der Waals surface area contributed by atoms with Gasteiger partial charge in [0.2, 0.25) is 5.88 Å². The summed E-state index contributed by atoms with van der Waals surface area (Å²) in [6.45, 7) is 1.66. The number of ether oxygens (including phenoxy) is 2. The van der Waals surface area contributed by atoms with E-state index in [2.05, 4.69) is 0 Å². The van der Waals surface area contributed by atoms with Crippen LogP contribution >= 0.6 is 0 Å². The summed E-state index contributed by atoms with van der Waals surface area (Å²) in [7, 11) is 0. The number of hydrogen-bond acceptors (Lipinski definition) is 5. The smallest absolute Gasteiger partial charge is 0.338 e. The Kier molecular flexibility index (Phi) is 5.23. The van der Waals surface area contributed by atoms with Crippen molar-refractivity contribution in [3.05, 3.63) is 94.3 Å². The van der Waals surface area contributed by atoms with Crippen molar-refractivity contribution in [1.29, 1.82) is 5.26 Å². The van der Waals surface area contributed by atoms with Gasteiger partial charge in [-0.1, -0.05) is 42.5 Å². The van der Waals surface area contributed by atoms with Crippen molar-refractivity contribution in [2.75, 3.05) is 0 Å². The molecule has 3 rings (SSSR count). The van der Waals surface area contributed by atoms with E-state index in [0.717, 1.165) is 5.56 Å². The van der Waals surface area contributed by atoms with Crippen molar-refractivity contribution >= 4 is 5.97 Å². The minimum Gasteiger partial charge on any atom is -0.457 e. The Morgan fingerprint density at radius 3 is 2.52 bits per heavy atom. The van der Waals surface area contributed by atoms with Crippen molar-refractivity contribution in [2.45, 2.75) is 19.4 Å². The maximum Gasteiger partial charge on any atom is 0.338 e. The molecule has 0 saturated carbocycles. The molecule has 5 nitrogen and oxygen atoms in total. The van der Waals surface area contributed by atoms with Crippen LogP contribution < -0.4 is 5.73 Å². The third-order valence-corrected chi connectivity index (χ3v) is 4.24. The Morgan fingerprint density at radius 2 is 1.89 bits per heavy atom. The summed E-state index contributed by atoms with van der Waals surface area (Å²) in [5, 5.41) is 9.52. The van der Waals surface area contributed by atoms with E-state index in [1.54, 1.807) is 6.92 Å². The summed E-state index contributed by atoms with van der Waals surface area (Å²) in [4.78, 5) is 12.8. The molecule has 0 fully saturated rings. The summed E-state index contributed by atoms with van der Waals surface area (Å²) >= 11 is 0. The van der Waals surface area contributed by atoms with E-state index in [1.165, 1.54) is 24.3 Å². The van der Waals surface area contributed by atoms with Gasteiger partial charge in [-0.3, -0.25) is 0 Å². The van der Waals surface area contributed by atoms with Crippen LogP contribution in [0.4, 0.5) is 4.39 Å². The molecule has 1 heterocycles. The Labute approximate surface area is 156 Å². The summed E-state index contributed by atoms with van der Waals surface area (Å²) < 4.78 is 24.1. The van der Waals surface area contributed by atoms with Gasteiger partial charge >= 0.3 is 5.97 Å². The predicted octanol–water partition coefficient (Wildman–Crippen LogP) is 3.65. The van der Waals surface area contributed by atoms with E-state index >= 15 is 0 Å². The number of nitrogens with two attached hydrogens (primary N) is 1. The second-order valence-corrected chi connectivity index (χ2v) is 6.01. The fourth-order valence-electron chi connectivity index (χ4n) is 2.94. The topological polar surface area (TPSA) is 85.3 Å². The van der Waals surface area contributed by atoms with Gasteiger partial charge in [0, 0.05) is 0 Å². The van der Waals surface area contributed by atoms with Gasteiger partial charge in [0.15, 0.2) is 0 Å². The highest BCUT2D eigenvalue weighted by Crippen LogP contribution is 2.39. The highest BCUT2D eigenvalue weighted by atomic mass is 19.1. The van der Waals surface area contributed by atoms with Crippen LogP contribution in [-0.2, 0) is 20.9 Å². The fraction of sp³-hybridized carbons (Fsp3) is 0.143. The molecule has 2 aromatic rings. The molecule has 0 spiro atoms. The molecule has 0 bridgehead atoms. The lowest BCUT2D eigenvalue weighted by atomic mass is 9.83. The van der Waals surface area contributed by atoms with Crippen LogP contribution in [0.1, 0.15) is 24.0 Å². The zero-order chi connectivity index (χ0) is 19.4. The number of carbonyl (C=O) groups excluding carboxylic acids is 1. The fourth-order valence-corrected chi connectivity index (χ4v) is 2.94. The number of nitrogens with zero attached hydrogens (tertiary/aromatic N) is 1. The Balaban J connectivity index is 1.94. The van der Waals surface area contributed by atoms with E-state index in [-0.39, 0.29) is 29.4 Å². The first-order chi connectivity index (χ1) is 13.0. The zero-order valence-corrected chi connectivity index (χ0v) is 14.6. The van der Waals surface area contributed by atoms with E-state index in [9.17, 15) is 14.4 Å². The standard InChI is InChI=1S/C21H17FN2O3/c1-13-18(21(25)26-12-14-5-3-2-4-6-14)19(17(11-23)20(24)27-13)15-7-9-16(22)10-8-15/h2-10,19H,12,24H2,1H3. The lowest BCUT2D eigenvalue weighted by molar-refractivity contribution is -0.140. The Bertz CT molecular complexity index is 957. The molecule has 1 unspecified atom stereocenters. The van der Waals surface area contributed by atoms with Crippen LogP contribution in [0.5, 0.6) is 0 Å². The molecule has 1 atom stereocenters. The number of halogens is 1. The second kappa shape index (κ2) is 7.75. The lowest BCUT2D eigenvalue weighted by Crippen LogP contribution is -2.25. The molecule has 1 aliphatic rings. The number of hydrogen-bond donors (Lipinski definition) is 1. The number of allylic oxidation sites excluding steroid dienone is 2. The third kappa shape index (κ3) is 3.82. The molecular weight excluding hydrogens is 347 g/mol. The van der Waals surface area contributed by atoms with Crippen molar-refractivity contribution < 1.29 is 18.7 Å². The third-order valence-electron chi connectivity index (χ3n) is 4.24. The summed E-state index contributed by atoms with van der Waals surface area (Å²) in [6.07, 6.45) is 0. The number of benzene rings is 2. The number of carbonyl (C=O) groups is 1. The number of nitriles is 1. The van der Waals surface area contributed by atoms with Crippen LogP contribution in [0.25, 0.3) is 0 Å². The highest BCUT2D eigenvalue weighted by Gasteiger charge is 2.36. The van der Waals surface area contributed by atoms with E-state index in [0.29, 0.717) is 5.56 Å². The van der Waals surface area contributed by atoms with Gasteiger partial charge < -0.3 is 15.2 Å². The predicted molar refractivity (Wildman–Crippen MR) is 96.0 cm³/mol. The summed E-state index contributed by atoms with van der Waals surface area (Å²) in [5.41, 5.74) is 7.47. The molecule has 0 amide bonds. The van der Waals surface area contributed by atoms with E-state index in [4.69, 9.17) is 15.2 Å². The van der Waals surface area contributed by atoms with Crippen molar-refractivity contribution in [2.24, 2.45) is 5.73 Å².